The van der Waals surface area contributed by atoms with Gasteiger partial charge in [0.05, 0.1) is 25.8 Å². The zero-order valence-electron chi connectivity index (χ0n) is 13.7. The standard InChI is InChI=1S/C16H26N2O3/c1-7-17-16(3,4)15(19)18-11(2)12-8-9-13(20-5)14(10-12)21-6/h8-11,17H,7H2,1-6H3,(H,18,19). The smallest absolute Gasteiger partial charge is 0.240 e. The van der Waals surface area contributed by atoms with E-state index in [-0.39, 0.29) is 11.9 Å². The number of hydrogen-bond donors (Lipinski definition) is 2. The van der Waals surface area contributed by atoms with E-state index < -0.39 is 5.54 Å². The number of likely N-dealkylation sites (N-methyl/N-ethyl adjacent to an activating group) is 1. The molecule has 0 bridgehead atoms. The minimum absolute atomic E-state index is 0.0355. The van der Waals surface area contributed by atoms with Crippen LogP contribution in [0, 0.1) is 0 Å². The highest BCUT2D eigenvalue weighted by Crippen LogP contribution is 2.29. The Kier molecular flexibility index (Phi) is 6.03. The lowest BCUT2D eigenvalue weighted by Crippen LogP contribution is -2.52. The van der Waals surface area contributed by atoms with E-state index in [9.17, 15) is 4.79 Å². The molecular formula is C16H26N2O3. The van der Waals surface area contributed by atoms with E-state index >= 15 is 0 Å². The summed E-state index contributed by atoms with van der Waals surface area (Å²) in [7, 11) is 3.20. The van der Waals surface area contributed by atoms with Crippen LogP contribution in [0.4, 0.5) is 0 Å². The fourth-order valence-electron chi connectivity index (χ4n) is 2.10. The Bertz CT molecular complexity index is 486. The lowest BCUT2D eigenvalue weighted by molar-refractivity contribution is -0.127. The molecule has 0 saturated heterocycles. The van der Waals surface area contributed by atoms with Gasteiger partial charge in [-0.25, -0.2) is 0 Å². The summed E-state index contributed by atoms with van der Waals surface area (Å²) in [6.45, 7) is 8.40. The molecule has 21 heavy (non-hydrogen) atoms. The van der Waals surface area contributed by atoms with Gasteiger partial charge >= 0.3 is 0 Å². The summed E-state index contributed by atoms with van der Waals surface area (Å²) in [5, 5.41) is 6.17. The molecule has 0 heterocycles. The van der Waals surface area contributed by atoms with Crippen molar-refractivity contribution in [2.45, 2.75) is 39.3 Å². The number of hydrogen-bond acceptors (Lipinski definition) is 4. The van der Waals surface area contributed by atoms with Gasteiger partial charge in [-0.3, -0.25) is 4.79 Å². The summed E-state index contributed by atoms with van der Waals surface area (Å²) in [5.74, 6) is 1.29. The van der Waals surface area contributed by atoms with Crippen molar-refractivity contribution in [2.75, 3.05) is 20.8 Å². The fourth-order valence-corrected chi connectivity index (χ4v) is 2.10. The molecule has 1 aromatic rings. The lowest BCUT2D eigenvalue weighted by Gasteiger charge is -2.27. The van der Waals surface area contributed by atoms with Crippen molar-refractivity contribution >= 4 is 5.91 Å². The van der Waals surface area contributed by atoms with Crippen molar-refractivity contribution in [1.29, 1.82) is 0 Å². The Hall–Kier alpha value is -1.75. The van der Waals surface area contributed by atoms with Gasteiger partial charge in [-0.1, -0.05) is 13.0 Å². The molecule has 5 heteroatoms. The molecule has 0 saturated carbocycles. The first-order chi connectivity index (χ1) is 9.85. The fraction of sp³-hybridized carbons (Fsp3) is 0.562. The molecule has 0 spiro atoms. The summed E-state index contributed by atoms with van der Waals surface area (Å²) in [6, 6.07) is 5.53. The maximum absolute atomic E-state index is 12.3. The minimum Gasteiger partial charge on any atom is -0.493 e. The average Bonchev–Trinajstić information content (AvgIpc) is 2.46. The summed E-state index contributed by atoms with van der Waals surface area (Å²) in [5.41, 5.74) is 0.368. The third kappa shape index (κ3) is 4.36. The van der Waals surface area contributed by atoms with Crippen molar-refractivity contribution < 1.29 is 14.3 Å². The quantitative estimate of drug-likeness (QED) is 0.810. The molecule has 5 nitrogen and oxygen atoms in total. The van der Waals surface area contributed by atoms with Crippen LogP contribution in [-0.2, 0) is 4.79 Å². The van der Waals surface area contributed by atoms with Crippen LogP contribution in [0.1, 0.15) is 39.3 Å². The van der Waals surface area contributed by atoms with Crippen molar-refractivity contribution in [3.05, 3.63) is 23.8 Å². The molecule has 118 valence electrons. The maximum atomic E-state index is 12.3. The molecule has 0 radical (unpaired) electrons. The Balaban J connectivity index is 2.84. The molecule has 1 unspecified atom stereocenters. The van der Waals surface area contributed by atoms with Gasteiger partial charge in [0.2, 0.25) is 5.91 Å². The van der Waals surface area contributed by atoms with E-state index in [1.165, 1.54) is 0 Å². The van der Waals surface area contributed by atoms with Crippen molar-refractivity contribution in [1.82, 2.24) is 10.6 Å². The number of amides is 1. The van der Waals surface area contributed by atoms with E-state index in [4.69, 9.17) is 9.47 Å². The highest BCUT2D eigenvalue weighted by molar-refractivity contribution is 5.85. The molecule has 0 fully saturated rings. The van der Waals surface area contributed by atoms with Crippen molar-refractivity contribution in [3.8, 4) is 11.5 Å². The second kappa shape index (κ2) is 7.31. The molecule has 0 aliphatic rings. The van der Waals surface area contributed by atoms with E-state index in [0.717, 1.165) is 12.1 Å². The third-order valence-corrected chi connectivity index (χ3v) is 3.44. The van der Waals surface area contributed by atoms with Crippen LogP contribution in [0.3, 0.4) is 0 Å². The molecule has 0 aromatic heterocycles. The average molecular weight is 294 g/mol. The van der Waals surface area contributed by atoms with Crippen LogP contribution in [0.5, 0.6) is 11.5 Å². The number of methoxy groups -OCH3 is 2. The monoisotopic (exact) mass is 294 g/mol. The Morgan fingerprint density at radius 3 is 2.38 bits per heavy atom. The molecule has 1 atom stereocenters. The highest BCUT2D eigenvalue weighted by atomic mass is 16.5. The summed E-state index contributed by atoms with van der Waals surface area (Å²) >= 11 is 0. The van der Waals surface area contributed by atoms with Crippen molar-refractivity contribution in [2.24, 2.45) is 0 Å². The molecule has 1 amide bonds. The molecular weight excluding hydrogens is 268 g/mol. The predicted molar refractivity (Wildman–Crippen MR) is 83.9 cm³/mol. The topological polar surface area (TPSA) is 59.6 Å². The van der Waals surface area contributed by atoms with E-state index in [2.05, 4.69) is 10.6 Å². The van der Waals surface area contributed by atoms with Crippen LogP contribution < -0.4 is 20.1 Å². The SMILES string of the molecule is CCNC(C)(C)C(=O)NC(C)c1ccc(OC)c(OC)c1. The predicted octanol–water partition coefficient (Wildman–Crippen LogP) is 2.27. The first-order valence-corrected chi connectivity index (χ1v) is 7.13. The minimum atomic E-state index is -0.598. The van der Waals surface area contributed by atoms with Crippen molar-refractivity contribution in [3.63, 3.8) is 0 Å². The highest BCUT2D eigenvalue weighted by Gasteiger charge is 2.27. The van der Waals surface area contributed by atoms with Gasteiger partial charge in [0.1, 0.15) is 0 Å². The molecule has 0 aliphatic carbocycles. The largest absolute Gasteiger partial charge is 0.493 e. The van der Waals surface area contributed by atoms with Crippen LogP contribution in [0.25, 0.3) is 0 Å². The molecule has 2 N–H and O–H groups in total. The van der Waals surface area contributed by atoms with E-state index in [1.807, 2.05) is 45.9 Å². The van der Waals surface area contributed by atoms with Gasteiger partial charge in [0.25, 0.3) is 0 Å². The van der Waals surface area contributed by atoms with Gasteiger partial charge in [0.15, 0.2) is 11.5 Å². The first-order valence-electron chi connectivity index (χ1n) is 7.13. The number of benzene rings is 1. The van der Waals surface area contributed by atoms with E-state index in [0.29, 0.717) is 11.5 Å². The Morgan fingerprint density at radius 2 is 1.86 bits per heavy atom. The Morgan fingerprint density at radius 1 is 1.24 bits per heavy atom. The van der Waals surface area contributed by atoms with Gasteiger partial charge in [0, 0.05) is 0 Å². The van der Waals surface area contributed by atoms with Crippen LogP contribution in [0.2, 0.25) is 0 Å². The van der Waals surface area contributed by atoms with Crippen LogP contribution >= 0.6 is 0 Å². The van der Waals surface area contributed by atoms with Gasteiger partial charge in [-0.2, -0.15) is 0 Å². The first kappa shape index (κ1) is 17.3. The maximum Gasteiger partial charge on any atom is 0.240 e. The number of nitrogens with one attached hydrogen (secondary N) is 2. The number of carbonyl (C=O) groups excluding carboxylic acids is 1. The molecule has 1 rings (SSSR count). The lowest BCUT2D eigenvalue weighted by atomic mass is 10.0. The summed E-state index contributed by atoms with van der Waals surface area (Å²) < 4.78 is 10.5. The number of rotatable bonds is 7. The molecule has 0 aliphatic heterocycles. The summed E-state index contributed by atoms with van der Waals surface area (Å²) in [6.07, 6.45) is 0. The summed E-state index contributed by atoms with van der Waals surface area (Å²) in [4.78, 5) is 12.3. The Labute approximate surface area is 127 Å². The normalized spacial score (nSPS) is 12.7. The number of carbonyl (C=O) groups is 1. The van der Waals surface area contributed by atoms with E-state index in [1.54, 1.807) is 14.2 Å². The second-order valence-electron chi connectivity index (χ2n) is 5.46. The van der Waals surface area contributed by atoms with Crippen LogP contribution in [0.15, 0.2) is 18.2 Å². The zero-order chi connectivity index (χ0) is 16.0. The van der Waals surface area contributed by atoms with Gasteiger partial charge in [-0.15, -0.1) is 0 Å². The second-order valence-corrected chi connectivity index (χ2v) is 5.46. The number of ether oxygens (including phenoxy) is 2. The van der Waals surface area contributed by atoms with Gasteiger partial charge < -0.3 is 20.1 Å². The van der Waals surface area contributed by atoms with Gasteiger partial charge in [-0.05, 0) is 45.0 Å². The third-order valence-electron chi connectivity index (χ3n) is 3.44. The molecule has 1 aromatic carbocycles. The zero-order valence-corrected chi connectivity index (χ0v) is 13.7. The van der Waals surface area contributed by atoms with Crippen LogP contribution in [-0.4, -0.2) is 32.2 Å².